The molecule has 2 N–H and O–H groups in total. The van der Waals surface area contributed by atoms with E-state index in [0.29, 0.717) is 17.1 Å². The monoisotopic (exact) mass is 318 g/mol. The van der Waals surface area contributed by atoms with E-state index in [1.807, 2.05) is 6.92 Å². The Hall–Kier alpha value is -0.210. The van der Waals surface area contributed by atoms with Crippen LogP contribution >= 0.6 is 23.5 Å². The molecule has 0 amide bonds. The molecule has 0 aromatic rings. The van der Waals surface area contributed by atoms with Gasteiger partial charge in [-0.3, -0.25) is 4.79 Å². The summed E-state index contributed by atoms with van der Waals surface area (Å²) in [7, 11) is 0. The Labute approximate surface area is 126 Å². The van der Waals surface area contributed by atoms with Crippen molar-refractivity contribution >= 4 is 29.3 Å². The highest BCUT2D eigenvalue weighted by molar-refractivity contribution is 8.05. The summed E-state index contributed by atoms with van der Waals surface area (Å²) in [5.74, 6) is 1.64. The molecule has 3 aliphatic rings. The van der Waals surface area contributed by atoms with Gasteiger partial charge >= 0.3 is 0 Å². The highest BCUT2D eigenvalue weighted by atomic mass is 32.2. The van der Waals surface area contributed by atoms with Crippen molar-refractivity contribution in [2.45, 2.75) is 55.4 Å². The van der Waals surface area contributed by atoms with Gasteiger partial charge in [-0.1, -0.05) is 6.92 Å². The molecular weight excluding hydrogens is 300 g/mol. The predicted molar refractivity (Wildman–Crippen MR) is 77.4 cm³/mol. The van der Waals surface area contributed by atoms with Crippen molar-refractivity contribution in [1.29, 1.82) is 0 Å². The molecule has 1 saturated heterocycles. The summed E-state index contributed by atoms with van der Waals surface area (Å²) in [6.07, 6.45) is -2.38. The summed E-state index contributed by atoms with van der Waals surface area (Å²) >= 11 is 2.91. The van der Waals surface area contributed by atoms with Crippen molar-refractivity contribution in [3.8, 4) is 0 Å². The van der Waals surface area contributed by atoms with Gasteiger partial charge in [0.2, 0.25) is 6.29 Å². The van der Waals surface area contributed by atoms with Gasteiger partial charge in [0, 0.05) is 6.42 Å². The number of thioether (sulfide) groups is 2. The highest BCUT2D eigenvalue weighted by Gasteiger charge is 2.51. The van der Waals surface area contributed by atoms with Gasteiger partial charge in [-0.25, -0.2) is 0 Å². The molecule has 20 heavy (non-hydrogen) atoms. The molecule has 0 spiro atoms. The summed E-state index contributed by atoms with van der Waals surface area (Å²) < 4.78 is 11.4. The Morgan fingerprint density at radius 2 is 2.15 bits per heavy atom. The van der Waals surface area contributed by atoms with Crippen molar-refractivity contribution in [2.75, 3.05) is 5.75 Å². The number of hydrogen-bond acceptors (Lipinski definition) is 7. The van der Waals surface area contributed by atoms with Crippen molar-refractivity contribution in [1.82, 2.24) is 0 Å². The van der Waals surface area contributed by atoms with E-state index in [9.17, 15) is 15.0 Å². The predicted octanol–water partition coefficient (Wildman–Crippen LogP) is 0.891. The number of aliphatic hydroxyl groups is 2. The second kappa shape index (κ2) is 5.53. The molecule has 7 heteroatoms. The Morgan fingerprint density at radius 1 is 1.40 bits per heavy atom. The average molecular weight is 318 g/mol. The van der Waals surface area contributed by atoms with E-state index >= 15 is 0 Å². The zero-order valence-corrected chi connectivity index (χ0v) is 12.9. The SMILES string of the molecule is CCSC1CC2=C(SC3C(O2)OC(C)C(O)C3O)C1=O. The summed E-state index contributed by atoms with van der Waals surface area (Å²) in [5, 5.41) is 19.5. The van der Waals surface area contributed by atoms with Crippen LogP contribution in [0.5, 0.6) is 0 Å². The van der Waals surface area contributed by atoms with Crippen LogP contribution in [-0.2, 0) is 14.3 Å². The van der Waals surface area contributed by atoms with Crippen LogP contribution in [0.4, 0.5) is 0 Å². The second-order valence-electron chi connectivity index (χ2n) is 5.16. The molecule has 0 saturated carbocycles. The van der Waals surface area contributed by atoms with E-state index in [2.05, 4.69) is 0 Å². The summed E-state index contributed by atoms with van der Waals surface area (Å²) in [6, 6.07) is 0. The van der Waals surface area contributed by atoms with Crippen LogP contribution in [0.3, 0.4) is 0 Å². The minimum atomic E-state index is -0.952. The van der Waals surface area contributed by atoms with Crippen LogP contribution in [0.15, 0.2) is 10.7 Å². The van der Waals surface area contributed by atoms with Crippen molar-refractivity contribution in [3.05, 3.63) is 10.7 Å². The molecule has 6 unspecified atom stereocenters. The number of Topliss-reactive ketones (excluding diaryl/α,β-unsaturated/α-hetero) is 1. The van der Waals surface area contributed by atoms with Gasteiger partial charge in [0.25, 0.3) is 0 Å². The number of allylic oxidation sites excluding steroid dienone is 2. The number of hydrogen-bond donors (Lipinski definition) is 2. The van der Waals surface area contributed by atoms with Gasteiger partial charge < -0.3 is 19.7 Å². The molecule has 6 atom stereocenters. The Kier molecular flexibility index (Phi) is 4.07. The second-order valence-corrected chi connectivity index (χ2v) is 7.82. The molecule has 1 aliphatic carbocycles. The fourth-order valence-electron chi connectivity index (χ4n) is 2.70. The summed E-state index contributed by atoms with van der Waals surface area (Å²) in [6.45, 7) is 3.73. The van der Waals surface area contributed by atoms with E-state index in [-0.39, 0.29) is 11.0 Å². The zero-order chi connectivity index (χ0) is 14.4. The molecule has 3 rings (SSSR count). The number of carbonyl (C=O) groups is 1. The number of ether oxygens (including phenoxy) is 2. The standard InChI is InChI=1S/C13H18O5S2/c1-3-19-7-4-6-11(9(7)15)20-12-10(16)8(14)5(2)17-13(12)18-6/h5,7-8,10,12-14,16H,3-4H2,1-2H3. The Bertz CT molecular complexity index is 452. The van der Waals surface area contributed by atoms with Gasteiger partial charge in [0.05, 0.1) is 16.3 Å². The molecule has 2 heterocycles. The maximum absolute atomic E-state index is 12.3. The average Bonchev–Trinajstić information content (AvgIpc) is 2.72. The van der Waals surface area contributed by atoms with E-state index in [4.69, 9.17) is 9.47 Å². The largest absolute Gasteiger partial charge is 0.467 e. The fraction of sp³-hybridized carbons (Fsp3) is 0.769. The van der Waals surface area contributed by atoms with Crippen molar-refractivity contribution < 1.29 is 24.5 Å². The normalized spacial score (nSPS) is 44.1. The third-order valence-corrected chi connectivity index (χ3v) is 6.36. The van der Waals surface area contributed by atoms with Crippen LogP contribution in [-0.4, -0.2) is 56.9 Å². The first kappa shape index (κ1) is 14.7. The highest BCUT2D eigenvalue weighted by Crippen LogP contribution is 2.47. The Morgan fingerprint density at radius 3 is 2.85 bits per heavy atom. The molecule has 0 bridgehead atoms. The number of fused-ring (bicyclic) bond motifs is 1. The number of ketones is 1. The maximum Gasteiger partial charge on any atom is 0.214 e. The van der Waals surface area contributed by atoms with Crippen LogP contribution in [0.25, 0.3) is 0 Å². The number of rotatable bonds is 2. The lowest BCUT2D eigenvalue weighted by Crippen LogP contribution is -2.56. The Balaban J connectivity index is 1.80. The van der Waals surface area contributed by atoms with E-state index in [1.54, 1.807) is 18.7 Å². The minimum absolute atomic E-state index is 0.0793. The van der Waals surface area contributed by atoms with Crippen LogP contribution < -0.4 is 0 Å². The van der Waals surface area contributed by atoms with Crippen molar-refractivity contribution in [2.24, 2.45) is 0 Å². The number of carbonyl (C=O) groups excluding carboxylic acids is 1. The van der Waals surface area contributed by atoms with Crippen LogP contribution in [0, 0.1) is 0 Å². The first-order chi connectivity index (χ1) is 9.52. The number of aliphatic hydroxyl groups excluding tert-OH is 2. The molecule has 112 valence electrons. The van der Waals surface area contributed by atoms with Crippen molar-refractivity contribution in [3.63, 3.8) is 0 Å². The van der Waals surface area contributed by atoms with E-state index < -0.39 is 29.9 Å². The summed E-state index contributed by atoms with van der Waals surface area (Å²) in [4.78, 5) is 12.9. The quantitative estimate of drug-likeness (QED) is 0.783. The third kappa shape index (κ3) is 2.29. The van der Waals surface area contributed by atoms with Gasteiger partial charge in [0.15, 0.2) is 5.78 Å². The zero-order valence-electron chi connectivity index (χ0n) is 11.3. The molecule has 5 nitrogen and oxygen atoms in total. The van der Waals surface area contributed by atoms with E-state index in [0.717, 1.165) is 5.75 Å². The van der Waals surface area contributed by atoms with Gasteiger partial charge in [-0.2, -0.15) is 11.8 Å². The molecule has 2 aliphatic heterocycles. The minimum Gasteiger partial charge on any atom is -0.467 e. The fourth-order valence-corrected chi connectivity index (χ4v) is 5.04. The maximum atomic E-state index is 12.3. The van der Waals surface area contributed by atoms with Crippen LogP contribution in [0.2, 0.25) is 0 Å². The first-order valence-electron chi connectivity index (χ1n) is 6.76. The van der Waals surface area contributed by atoms with Gasteiger partial charge in [-0.15, -0.1) is 11.8 Å². The van der Waals surface area contributed by atoms with E-state index in [1.165, 1.54) is 11.8 Å². The molecule has 1 fully saturated rings. The smallest absolute Gasteiger partial charge is 0.214 e. The first-order valence-corrected chi connectivity index (χ1v) is 8.69. The van der Waals surface area contributed by atoms with Crippen LogP contribution in [0.1, 0.15) is 20.3 Å². The van der Waals surface area contributed by atoms with Gasteiger partial charge in [0.1, 0.15) is 23.2 Å². The third-order valence-electron chi connectivity index (χ3n) is 3.80. The lowest BCUT2D eigenvalue weighted by molar-refractivity contribution is -0.230. The van der Waals surface area contributed by atoms with Gasteiger partial charge in [-0.05, 0) is 12.7 Å². The summed E-state index contributed by atoms with van der Waals surface area (Å²) in [5.41, 5.74) is 0. The lowest BCUT2D eigenvalue weighted by Gasteiger charge is -2.43. The molecular formula is C13H18O5S2. The molecule has 0 radical (unpaired) electrons. The lowest BCUT2D eigenvalue weighted by atomic mass is 10.0. The topological polar surface area (TPSA) is 76.0 Å². The molecule has 0 aromatic heterocycles. The molecule has 0 aromatic carbocycles.